The third kappa shape index (κ3) is 12.6. The number of amides is 4. The summed E-state index contributed by atoms with van der Waals surface area (Å²) in [4.78, 5) is 74.7. The van der Waals surface area contributed by atoms with Crippen LogP contribution in [0.5, 0.6) is 17.5 Å². The van der Waals surface area contributed by atoms with Crippen molar-refractivity contribution < 1.29 is 61.2 Å². The Morgan fingerprint density at radius 3 is 2.22 bits per heavy atom. The highest BCUT2D eigenvalue weighted by Gasteiger charge is 2.41. The monoisotopic (exact) mass is 980 g/mol. The molecule has 20 nitrogen and oxygen atoms in total. The molecule has 1 aliphatic heterocycles. The SMILES string of the molecule is C#CC(C)Oc1cc(N2C(=O)C3=C(CCCC3)C2=O)c(F)cc1Cl.CCOc1nc(NC)nc(NC(=O)NS(=O)(=O)c2ccccc2C(=O)O)n1.O=C(O)COc1ccc(Cl)c2cccnc12. The Bertz CT molecular complexity index is 2910. The predicted octanol–water partition coefficient (Wildman–Crippen LogP) is 6.50. The molecule has 0 bridgehead atoms. The van der Waals surface area contributed by atoms with Gasteiger partial charge in [0.2, 0.25) is 11.9 Å². The van der Waals surface area contributed by atoms with Crippen molar-refractivity contribution in [1.29, 1.82) is 0 Å². The number of fused-ring (bicyclic) bond motifs is 1. The van der Waals surface area contributed by atoms with Crippen LogP contribution >= 0.6 is 23.2 Å². The average molecular weight is 982 g/mol. The van der Waals surface area contributed by atoms with E-state index in [1.54, 1.807) is 49.0 Å². The molecule has 3 heterocycles. The zero-order chi connectivity index (χ0) is 49.0. The van der Waals surface area contributed by atoms with E-state index >= 15 is 0 Å². The Labute approximate surface area is 391 Å². The van der Waals surface area contributed by atoms with Crippen LogP contribution in [0.25, 0.3) is 10.9 Å². The first-order chi connectivity index (χ1) is 31.9. The summed E-state index contributed by atoms with van der Waals surface area (Å²) in [6.07, 6.45) is 9.07. The first-order valence-electron chi connectivity index (χ1n) is 19.7. The largest absolute Gasteiger partial charge is 0.480 e. The number of nitrogens with one attached hydrogen (secondary N) is 3. The van der Waals surface area contributed by atoms with Crippen LogP contribution in [0.15, 0.2) is 82.9 Å². The van der Waals surface area contributed by atoms with Gasteiger partial charge in [-0.25, -0.2) is 36.8 Å². The van der Waals surface area contributed by atoms with Crippen molar-refractivity contribution in [3.63, 3.8) is 0 Å². The lowest BCUT2D eigenvalue weighted by Crippen LogP contribution is -2.35. The summed E-state index contributed by atoms with van der Waals surface area (Å²) < 4.78 is 56.4. The molecule has 4 amide bonds. The highest BCUT2D eigenvalue weighted by Crippen LogP contribution is 2.40. The van der Waals surface area contributed by atoms with Crippen molar-refractivity contribution in [3.8, 4) is 29.9 Å². The minimum Gasteiger partial charge on any atom is -0.480 e. The van der Waals surface area contributed by atoms with Crippen LogP contribution in [0.4, 0.5) is 26.8 Å². The molecule has 2 aromatic heterocycles. The molecule has 0 spiro atoms. The van der Waals surface area contributed by atoms with Crippen molar-refractivity contribution in [2.24, 2.45) is 0 Å². The van der Waals surface area contributed by atoms with E-state index < -0.39 is 68.8 Å². The number of nitrogens with zero attached hydrogens (tertiary/aromatic N) is 5. The van der Waals surface area contributed by atoms with E-state index in [0.717, 1.165) is 41.3 Å². The molecular weight excluding hydrogens is 942 g/mol. The van der Waals surface area contributed by atoms with Crippen molar-refractivity contribution in [3.05, 3.63) is 99.4 Å². The van der Waals surface area contributed by atoms with Gasteiger partial charge in [0.1, 0.15) is 27.7 Å². The average Bonchev–Trinajstić information content (AvgIpc) is 3.55. The van der Waals surface area contributed by atoms with Gasteiger partial charge in [-0.2, -0.15) is 15.0 Å². The number of carbonyl (C=O) groups excluding carboxylic acids is 3. The fourth-order valence-electron chi connectivity index (χ4n) is 6.23. The van der Waals surface area contributed by atoms with Gasteiger partial charge in [0.25, 0.3) is 21.8 Å². The molecule has 0 saturated heterocycles. The molecule has 350 valence electrons. The number of aromatic nitrogens is 4. The molecule has 1 aliphatic carbocycles. The number of imide groups is 1. The number of carboxylic acid groups (broad SMARTS) is 2. The summed E-state index contributed by atoms with van der Waals surface area (Å²) in [5.41, 5.74) is 0.897. The number of carboxylic acids is 2. The normalized spacial score (nSPS) is 13.4. The number of urea groups is 1. The van der Waals surface area contributed by atoms with Crippen molar-refractivity contribution >= 4 is 91.5 Å². The van der Waals surface area contributed by atoms with Gasteiger partial charge >= 0.3 is 24.0 Å². The summed E-state index contributed by atoms with van der Waals surface area (Å²) in [5, 5.41) is 23.7. The Balaban J connectivity index is 0.000000194. The summed E-state index contributed by atoms with van der Waals surface area (Å²) in [5.74, 6) is -1.43. The molecule has 5 N–H and O–H groups in total. The number of carbonyl (C=O) groups is 5. The predicted molar refractivity (Wildman–Crippen MR) is 241 cm³/mol. The van der Waals surface area contributed by atoms with Crippen LogP contribution in [0.1, 0.15) is 49.9 Å². The van der Waals surface area contributed by atoms with E-state index in [2.05, 4.69) is 36.5 Å². The van der Waals surface area contributed by atoms with Crippen molar-refractivity contribution in [1.82, 2.24) is 24.7 Å². The molecule has 2 aliphatic rings. The van der Waals surface area contributed by atoms with Crippen LogP contribution < -0.4 is 34.5 Å². The van der Waals surface area contributed by atoms with E-state index in [0.29, 0.717) is 40.3 Å². The van der Waals surface area contributed by atoms with Gasteiger partial charge < -0.3 is 29.7 Å². The smallest absolute Gasteiger partial charge is 0.341 e. The standard InChI is InChI=1S/C18H15ClFNO3.C14H16N6O6S.C11H8ClNO3/c1-3-10(2)24-16-9-15(14(20)8-13(16)19)21-17(22)11-6-4-5-7-12(11)18(21)23;1-3-26-14-18-11(15-2)16-12(19-14)17-13(23)20-27(24,25)9-7-5-4-6-8(9)10(21)22;12-8-3-4-9(16-6-10(14)15)11-7(8)2-1-5-13-11/h1,8-10H,4-7H2,2H3;4-7H,3H2,1-2H3,(H,21,22)(H3,15,16,17,18,19,20,23);1-5H,6H2,(H,14,15). The van der Waals surface area contributed by atoms with Crippen molar-refractivity contribution in [2.45, 2.75) is 50.5 Å². The molecule has 1 unspecified atom stereocenters. The zero-order valence-corrected chi connectivity index (χ0v) is 37.8. The molecule has 0 radical (unpaired) electrons. The lowest BCUT2D eigenvalue weighted by Gasteiger charge is -2.19. The molecule has 5 aromatic rings. The number of pyridine rings is 1. The Hall–Kier alpha value is -7.61. The molecule has 0 saturated carbocycles. The van der Waals surface area contributed by atoms with E-state index in [1.807, 2.05) is 0 Å². The highest BCUT2D eigenvalue weighted by molar-refractivity contribution is 7.90. The fraction of sp³-hybridized carbons (Fsp3) is 0.233. The maximum absolute atomic E-state index is 14.4. The highest BCUT2D eigenvalue weighted by atomic mass is 35.5. The maximum atomic E-state index is 14.4. The second-order valence-corrected chi connectivity index (χ2v) is 16.2. The van der Waals surface area contributed by atoms with Crippen LogP contribution in [-0.4, -0.2) is 94.7 Å². The lowest BCUT2D eigenvalue weighted by atomic mass is 9.93. The third-order valence-electron chi connectivity index (χ3n) is 9.17. The van der Waals surface area contributed by atoms with Crippen LogP contribution in [-0.2, 0) is 24.4 Å². The molecule has 3 aromatic carbocycles. The van der Waals surface area contributed by atoms with Gasteiger partial charge in [-0.15, -0.1) is 6.42 Å². The Morgan fingerprint density at radius 1 is 0.925 bits per heavy atom. The minimum absolute atomic E-state index is 0.0233. The number of sulfonamides is 1. The number of anilines is 3. The number of aliphatic carboxylic acids is 1. The van der Waals surface area contributed by atoms with Gasteiger partial charge in [0.05, 0.1) is 27.9 Å². The number of halogens is 3. The van der Waals surface area contributed by atoms with Crippen LogP contribution in [0, 0.1) is 18.2 Å². The quantitative estimate of drug-likeness (QED) is 0.0622. The van der Waals surface area contributed by atoms with E-state index in [4.69, 9.17) is 54.0 Å². The topological polar surface area (TPSA) is 279 Å². The number of terminal acetylenes is 1. The Kier molecular flexibility index (Phi) is 16.9. The van der Waals surface area contributed by atoms with Gasteiger partial charge in [-0.3, -0.25) is 19.9 Å². The number of benzene rings is 3. The van der Waals surface area contributed by atoms with Crippen LogP contribution in [0.3, 0.4) is 0 Å². The first kappa shape index (κ1) is 50.4. The number of aromatic carboxylic acids is 1. The van der Waals surface area contributed by atoms with E-state index in [1.165, 1.54) is 25.2 Å². The molecule has 7 rings (SSSR count). The molecule has 0 fully saturated rings. The molecule has 24 heteroatoms. The summed E-state index contributed by atoms with van der Waals surface area (Å²) in [6.45, 7) is 3.20. The summed E-state index contributed by atoms with van der Waals surface area (Å²) in [6, 6.07) is 12.7. The number of hydrogen-bond acceptors (Lipinski definition) is 15. The second-order valence-electron chi connectivity index (χ2n) is 13.7. The van der Waals surface area contributed by atoms with E-state index in [-0.39, 0.29) is 41.0 Å². The summed E-state index contributed by atoms with van der Waals surface area (Å²) in [7, 11) is -2.92. The summed E-state index contributed by atoms with van der Waals surface area (Å²) >= 11 is 12.0. The van der Waals surface area contributed by atoms with Gasteiger partial charge in [0, 0.05) is 35.8 Å². The first-order valence-corrected chi connectivity index (χ1v) is 22.0. The second kappa shape index (κ2) is 22.5. The number of hydrogen-bond donors (Lipinski definition) is 5. The van der Waals surface area contributed by atoms with Gasteiger partial charge in [0.15, 0.2) is 12.7 Å². The lowest BCUT2D eigenvalue weighted by molar-refractivity contribution is -0.139. The minimum atomic E-state index is -4.45. The number of rotatable bonds is 13. The van der Waals surface area contributed by atoms with Gasteiger partial charge in [-0.05, 0) is 82.0 Å². The molecular formula is C43H39Cl2FN8O12S. The zero-order valence-electron chi connectivity index (χ0n) is 35.5. The molecule has 1 atom stereocenters. The molecule has 67 heavy (non-hydrogen) atoms. The number of ether oxygens (including phenoxy) is 3. The maximum Gasteiger partial charge on any atom is 0.341 e. The van der Waals surface area contributed by atoms with E-state index in [9.17, 15) is 36.8 Å². The van der Waals surface area contributed by atoms with Crippen molar-refractivity contribution in [2.75, 3.05) is 35.8 Å². The Morgan fingerprint density at radius 2 is 1.60 bits per heavy atom. The third-order valence-corrected chi connectivity index (χ3v) is 11.2. The fourth-order valence-corrected chi connectivity index (χ4v) is 7.75. The van der Waals surface area contributed by atoms with Crippen LogP contribution in [0.2, 0.25) is 10.0 Å². The van der Waals surface area contributed by atoms with Gasteiger partial charge in [-0.1, -0.05) is 41.3 Å².